The van der Waals surface area contributed by atoms with Gasteiger partial charge in [-0.25, -0.2) is 4.98 Å². The Morgan fingerprint density at radius 2 is 2.20 bits per heavy atom. The second kappa shape index (κ2) is 6.10. The number of piperidine rings is 1. The van der Waals surface area contributed by atoms with Crippen molar-refractivity contribution < 1.29 is 0 Å². The number of halogens is 1. The molecular weight excluding hydrogens is 212 g/mol. The quantitative estimate of drug-likeness (QED) is 0.815. The monoisotopic (exact) mass is 230 g/mol. The summed E-state index contributed by atoms with van der Waals surface area (Å²) in [4.78, 5) is 9.80. The van der Waals surface area contributed by atoms with Gasteiger partial charge in [-0.2, -0.15) is 0 Å². The van der Waals surface area contributed by atoms with Gasteiger partial charge in [0.05, 0.1) is 6.54 Å². The standard InChI is InChI=1S/C10H18N4.ClH/c11-7-9-1-5-14(6-2-9)8-10-12-3-4-13-10;/h3-4,9H,1-2,5-8,11H2,(H,12,13);1H. The highest BCUT2D eigenvalue weighted by molar-refractivity contribution is 5.85. The average Bonchev–Trinajstić information content (AvgIpc) is 2.72. The smallest absolute Gasteiger partial charge is 0.120 e. The molecule has 1 aromatic heterocycles. The minimum atomic E-state index is 0. The summed E-state index contributed by atoms with van der Waals surface area (Å²) in [6, 6.07) is 0. The normalized spacial score (nSPS) is 18.7. The number of aromatic amines is 1. The summed E-state index contributed by atoms with van der Waals surface area (Å²) in [6.45, 7) is 4.10. The van der Waals surface area contributed by atoms with E-state index in [2.05, 4.69) is 14.9 Å². The molecule has 0 unspecified atom stereocenters. The Kier molecular flexibility index (Phi) is 5.08. The molecule has 0 radical (unpaired) electrons. The summed E-state index contributed by atoms with van der Waals surface area (Å²) >= 11 is 0. The van der Waals surface area contributed by atoms with Gasteiger partial charge >= 0.3 is 0 Å². The zero-order chi connectivity index (χ0) is 9.80. The molecule has 0 bridgehead atoms. The molecule has 2 heterocycles. The van der Waals surface area contributed by atoms with Gasteiger partial charge in [-0.1, -0.05) is 0 Å². The number of nitrogens with one attached hydrogen (secondary N) is 1. The summed E-state index contributed by atoms with van der Waals surface area (Å²) in [7, 11) is 0. The van der Waals surface area contributed by atoms with Gasteiger partial charge in [0.2, 0.25) is 0 Å². The van der Waals surface area contributed by atoms with Crippen LogP contribution in [-0.2, 0) is 6.54 Å². The predicted octanol–water partition coefficient (Wildman–Crippen LogP) is 1.00. The number of imidazole rings is 1. The molecule has 0 aromatic carbocycles. The second-order valence-electron chi connectivity index (χ2n) is 3.99. The van der Waals surface area contributed by atoms with Crippen LogP contribution in [0.2, 0.25) is 0 Å². The summed E-state index contributed by atoms with van der Waals surface area (Å²) < 4.78 is 0. The lowest BCUT2D eigenvalue weighted by molar-refractivity contribution is 0.177. The molecule has 1 aliphatic heterocycles. The van der Waals surface area contributed by atoms with Crippen LogP contribution >= 0.6 is 12.4 Å². The number of nitrogens with two attached hydrogens (primary N) is 1. The first kappa shape index (κ1) is 12.5. The minimum Gasteiger partial charge on any atom is -0.348 e. The van der Waals surface area contributed by atoms with E-state index in [1.54, 1.807) is 0 Å². The Balaban J connectivity index is 0.00000112. The molecular formula is C10H19ClN4. The van der Waals surface area contributed by atoms with Gasteiger partial charge in [-0.3, -0.25) is 4.90 Å². The summed E-state index contributed by atoms with van der Waals surface area (Å²) in [5, 5.41) is 0. The van der Waals surface area contributed by atoms with Crippen molar-refractivity contribution in [2.24, 2.45) is 11.7 Å². The zero-order valence-electron chi connectivity index (χ0n) is 8.85. The van der Waals surface area contributed by atoms with Crippen molar-refractivity contribution in [1.29, 1.82) is 0 Å². The highest BCUT2D eigenvalue weighted by Crippen LogP contribution is 2.16. The van der Waals surface area contributed by atoms with E-state index < -0.39 is 0 Å². The molecule has 1 fully saturated rings. The Labute approximate surface area is 96.7 Å². The lowest BCUT2D eigenvalue weighted by atomic mass is 9.97. The molecule has 1 aromatic rings. The summed E-state index contributed by atoms with van der Waals surface area (Å²) in [6.07, 6.45) is 6.15. The number of aromatic nitrogens is 2. The van der Waals surface area contributed by atoms with E-state index in [-0.39, 0.29) is 12.4 Å². The van der Waals surface area contributed by atoms with Crippen LogP contribution in [0.15, 0.2) is 12.4 Å². The first-order valence-electron chi connectivity index (χ1n) is 5.29. The third-order valence-corrected chi connectivity index (χ3v) is 2.97. The SMILES string of the molecule is Cl.NCC1CCN(Cc2ncc[nH]2)CC1. The van der Waals surface area contributed by atoms with Gasteiger partial charge in [0, 0.05) is 12.4 Å². The van der Waals surface area contributed by atoms with Crippen LogP contribution < -0.4 is 5.73 Å². The van der Waals surface area contributed by atoms with E-state index in [0.717, 1.165) is 37.9 Å². The molecule has 15 heavy (non-hydrogen) atoms. The topological polar surface area (TPSA) is 57.9 Å². The van der Waals surface area contributed by atoms with Crippen LogP contribution in [-0.4, -0.2) is 34.5 Å². The molecule has 1 saturated heterocycles. The van der Waals surface area contributed by atoms with Gasteiger partial charge in [0.15, 0.2) is 0 Å². The fourth-order valence-electron chi connectivity index (χ4n) is 1.98. The van der Waals surface area contributed by atoms with E-state index in [9.17, 15) is 0 Å². The number of hydrogen-bond acceptors (Lipinski definition) is 3. The third kappa shape index (κ3) is 3.48. The van der Waals surface area contributed by atoms with Gasteiger partial charge in [0.1, 0.15) is 5.82 Å². The molecule has 3 N–H and O–H groups in total. The van der Waals surface area contributed by atoms with Gasteiger partial charge < -0.3 is 10.7 Å². The van der Waals surface area contributed by atoms with Crippen molar-refractivity contribution in [3.05, 3.63) is 18.2 Å². The van der Waals surface area contributed by atoms with Gasteiger partial charge in [-0.05, 0) is 38.4 Å². The number of likely N-dealkylation sites (tertiary alicyclic amines) is 1. The van der Waals surface area contributed by atoms with Crippen molar-refractivity contribution in [1.82, 2.24) is 14.9 Å². The third-order valence-electron chi connectivity index (χ3n) is 2.97. The fourth-order valence-corrected chi connectivity index (χ4v) is 1.98. The Morgan fingerprint density at radius 3 is 2.73 bits per heavy atom. The van der Waals surface area contributed by atoms with E-state index >= 15 is 0 Å². The van der Waals surface area contributed by atoms with Gasteiger partial charge in [-0.15, -0.1) is 12.4 Å². The number of rotatable bonds is 3. The van der Waals surface area contributed by atoms with Crippen molar-refractivity contribution in [2.75, 3.05) is 19.6 Å². The van der Waals surface area contributed by atoms with E-state index in [4.69, 9.17) is 5.73 Å². The fraction of sp³-hybridized carbons (Fsp3) is 0.700. The average molecular weight is 231 g/mol. The van der Waals surface area contributed by atoms with E-state index in [1.807, 2.05) is 12.4 Å². The highest BCUT2D eigenvalue weighted by Gasteiger charge is 2.18. The van der Waals surface area contributed by atoms with Gasteiger partial charge in [0.25, 0.3) is 0 Å². The molecule has 1 aliphatic rings. The molecule has 0 aliphatic carbocycles. The van der Waals surface area contributed by atoms with Crippen molar-refractivity contribution in [3.63, 3.8) is 0 Å². The Hall–Kier alpha value is -0.580. The first-order chi connectivity index (χ1) is 6.88. The summed E-state index contributed by atoms with van der Waals surface area (Å²) in [5.41, 5.74) is 5.65. The molecule has 4 nitrogen and oxygen atoms in total. The maximum absolute atomic E-state index is 5.65. The molecule has 0 amide bonds. The van der Waals surface area contributed by atoms with E-state index in [1.165, 1.54) is 12.8 Å². The van der Waals surface area contributed by atoms with E-state index in [0.29, 0.717) is 0 Å². The Bertz CT molecular complexity index is 254. The lowest BCUT2D eigenvalue weighted by Crippen LogP contribution is -2.35. The predicted molar refractivity (Wildman–Crippen MR) is 62.9 cm³/mol. The molecule has 5 heteroatoms. The zero-order valence-corrected chi connectivity index (χ0v) is 9.67. The number of nitrogens with zero attached hydrogens (tertiary/aromatic N) is 2. The molecule has 86 valence electrons. The van der Waals surface area contributed by atoms with Crippen molar-refractivity contribution in [3.8, 4) is 0 Å². The van der Waals surface area contributed by atoms with Crippen LogP contribution in [0, 0.1) is 5.92 Å². The lowest BCUT2D eigenvalue weighted by Gasteiger charge is -2.30. The number of hydrogen-bond donors (Lipinski definition) is 2. The highest BCUT2D eigenvalue weighted by atomic mass is 35.5. The largest absolute Gasteiger partial charge is 0.348 e. The summed E-state index contributed by atoms with van der Waals surface area (Å²) in [5.74, 6) is 1.80. The minimum absolute atomic E-state index is 0. The van der Waals surface area contributed by atoms with Crippen LogP contribution in [0.25, 0.3) is 0 Å². The molecule has 0 spiro atoms. The Morgan fingerprint density at radius 1 is 1.47 bits per heavy atom. The molecule has 0 atom stereocenters. The maximum Gasteiger partial charge on any atom is 0.120 e. The second-order valence-corrected chi connectivity index (χ2v) is 3.99. The van der Waals surface area contributed by atoms with Crippen molar-refractivity contribution in [2.45, 2.75) is 19.4 Å². The molecule has 0 saturated carbocycles. The maximum atomic E-state index is 5.65. The van der Waals surface area contributed by atoms with Crippen molar-refractivity contribution >= 4 is 12.4 Å². The number of H-pyrrole nitrogens is 1. The first-order valence-corrected chi connectivity index (χ1v) is 5.29. The van der Waals surface area contributed by atoms with Crippen LogP contribution in [0.4, 0.5) is 0 Å². The van der Waals surface area contributed by atoms with Crippen LogP contribution in [0.1, 0.15) is 18.7 Å². The van der Waals surface area contributed by atoms with Crippen LogP contribution in [0.5, 0.6) is 0 Å². The molecule has 2 rings (SSSR count). The van der Waals surface area contributed by atoms with Crippen LogP contribution in [0.3, 0.4) is 0 Å².